The molecule has 2 N–H and O–H groups in total. The number of hydrogen-bond donors (Lipinski definition) is 1. The number of methoxy groups -OCH3 is 1. The van der Waals surface area contributed by atoms with Gasteiger partial charge in [-0.3, -0.25) is 0 Å². The number of nitrogens with two attached hydrogens (primary N) is 1. The summed E-state index contributed by atoms with van der Waals surface area (Å²) in [4.78, 5) is 0. The summed E-state index contributed by atoms with van der Waals surface area (Å²) < 4.78 is 6.22. The van der Waals surface area contributed by atoms with Crippen molar-refractivity contribution in [3.05, 3.63) is 28.2 Å². The molecule has 2 nitrogen and oxygen atoms in total. The first-order valence-corrected chi connectivity index (χ1v) is 7.54. The summed E-state index contributed by atoms with van der Waals surface area (Å²) in [5.74, 6) is 0.871. The molecule has 18 heavy (non-hydrogen) atoms. The number of benzene rings is 1. The Balaban J connectivity index is 2.39. The van der Waals surface area contributed by atoms with E-state index in [1.54, 1.807) is 7.11 Å². The van der Waals surface area contributed by atoms with Gasteiger partial charge in [0.15, 0.2) is 0 Å². The monoisotopic (exact) mass is 313 g/mol. The Bertz CT molecular complexity index is 354. The van der Waals surface area contributed by atoms with Crippen LogP contribution in [0.1, 0.15) is 44.6 Å². The van der Waals surface area contributed by atoms with Crippen molar-refractivity contribution < 1.29 is 4.74 Å². The molecule has 102 valence electrons. The SMILES string of the molecule is CCCCCCC(N)Cc1ccc(OC)c(Br)c1. The van der Waals surface area contributed by atoms with Gasteiger partial charge in [-0.25, -0.2) is 0 Å². The van der Waals surface area contributed by atoms with E-state index in [-0.39, 0.29) is 6.04 Å². The molecule has 0 spiro atoms. The van der Waals surface area contributed by atoms with E-state index in [4.69, 9.17) is 10.5 Å². The molecule has 0 aliphatic heterocycles. The summed E-state index contributed by atoms with van der Waals surface area (Å²) in [6.07, 6.45) is 7.20. The molecule has 1 atom stereocenters. The zero-order chi connectivity index (χ0) is 13.4. The third-order valence-corrected chi connectivity index (χ3v) is 3.76. The maximum absolute atomic E-state index is 6.16. The summed E-state index contributed by atoms with van der Waals surface area (Å²) in [6, 6.07) is 6.45. The lowest BCUT2D eigenvalue weighted by atomic mass is 10.0. The summed E-state index contributed by atoms with van der Waals surface area (Å²) in [5, 5.41) is 0. The molecule has 3 heteroatoms. The van der Waals surface area contributed by atoms with Crippen LogP contribution in [0.3, 0.4) is 0 Å². The second-order valence-electron chi connectivity index (χ2n) is 4.78. The minimum absolute atomic E-state index is 0.266. The zero-order valence-electron chi connectivity index (χ0n) is 11.4. The fraction of sp³-hybridized carbons (Fsp3) is 0.600. The minimum Gasteiger partial charge on any atom is -0.496 e. The molecule has 0 aliphatic carbocycles. The lowest BCUT2D eigenvalue weighted by Crippen LogP contribution is -2.22. The molecule has 0 saturated carbocycles. The van der Waals surface area contributed by atoms with Crippen LogP contribution in [0.15, 0.2) is 22.7 Å². The van der Waals surface area contributed by atoms with Crippen LogP contribution < -0.4 is 10.5 Å². The van der Waals surface area contributed by atoms with Crippen LogP contribution in [0.4, 0.5) is 0 Å². The largest absolute Gasteiger partial charge is 0.496 e. The van der Waals surface area contributed by atoms with Gasteiger partial charge in [0.25, 0.3) is 0 Å². The van der Waals surface area contributed by atoms with Crippen LogP contribution in [0.25, 0.3) is 0 Å². The summed E-state index contributed by atoms with van der Waals surface area (Å²) in [6.45, 7) is 2.23. The molecule has 0 aromatic heterocycles. The third-order valence-electron chi connectivity index (χ3n) is 3.14. The molecule has 0 amide bonds. The van der Waals surface area contributed by atoms with Gasteiger partial charge in [0.2, 0.25) is 0 Å². The molecule has 1 rings (SSSR count). The van der Waals surface area contributed by atoms with Gasteiger partial charge in [-0.1, -0.05) is 38.7 Å². The van der Waals surface area contributed by atoms with Crippen molar-refractivity contribution in [3.8, 4) is 5.75 Å². The summed E-state index contributed by atoms with van der Waals surface area (Å²) >= 11 is 3.50. The van der Waals surface area contributed by atoms with Crippen molar-refractivity contribution in [2.24, 2.45) is 5.73 Å². The molecular formula is C15H24BrNO. The van der Waals surface area contributed by atoms with E-state index in [0.29, 0.717) is 0 Å². The highest BCUT2D eigenvalue weighted by Crippen LogP contribution is 2.26. The van der Waals surface area contributed by atoms with Crippen molar-refractivity contribution in [1.29, 1.82) is 0 Å². The van der Waals surface area contributed by atoms with Gasteiger partial charge in [-0.2, -0.15) is 0 Å². The van der Waals surface area contributed by atoms with Crippen molar-refractivity contribution in [3.63, 3.8) is 0 Å². The number of halogens is 1. The topological polar surface area (TPSA) is 35.2 Å². The highest BCUT2D eigenvalue weighted by molar-refractivity contribution is 9.10. The van der Waals surface area contributed by atoms with E-state index in [0.717, 1.165) is 23.1 Å². The van der Waals surface area contributed by atoms with Crippen molar-refractivity contribution >= 4 is 15.9 Å². The minimum atomic E-state index is 0.266. The average Bonchev–Trinajstić information content (AvgIpc) is 2.35. The van der Waals surface area contributed by atoms with Crippen LogP contribution in [0.2, 0.25) is 0 Å². The highest BCUT2D eigenvalue weighted by atomic mass is 79.9. The molecule has 0 aliphatic rings. The van der Waals surface area contributed by atoms with Gasteiger partial charge in [-0.05, 0) is 46.5 Å². The first-order valence-electron chi connectivity index (χ1n) is 6.75. The molecule has 0 bridgehead atoms. The van der Waals surface area contributed by atoms with E-state index in [9.17, 15) is 0 Å². The van der Waals surface area contributed by atoms with Crippen LogP contribution in [-0.2, 0) is 6.42 Å². The number of hydrogen-bond acceptors (Lipinski definition) is 2. The zero-order valence-corrected chi connectivity index (χ0v) is 13.0. The van der Waals surface area contributed by atoms with Crippen LogP contribution in [0.5, 0.6) is 5.75 Å². The van der Waals surface area contributed by atoms with E-state index in [2.05, 4.69) is 35.0 Å². The van der Waals surface area contributed by atoms with Gasteiger partial charge in [0, 0.05) is 6.04 Å². The third kappa shape index (κ3) is 5.40. The molecule has 1 unspecified atom stereocenters. The molecule has 1 aromatic rings. The van der Waals surface area contributed by atoms with Crippen molar-refractivity contribution in [2.45, 2.75) is 51.5 Å². The van der Waals surface area contributed by atoms with E-state index < -0.39 is 0 Å². The Morgan fingerprint density at radius 1 is 1.28 bits per heavy atom. The predicted octanol–water partition coefficient (Wildman–Crippen LogP) is 4.30. The standard InChI is InChI=1S/C15H24BrNO/c1-3-4-5-6-7-13(17)10-12-8-9-15(18-2)14(16)11-12/h8-9,11,13H,3-7,10,17H2,1-2H3. The van der Waals surface area contributed by atoms with E-state index in [1.165, 1.54) is 31.2 Å². The van der Waals surface area contributed by atoms with Crippen LogP contribution in [-0.4, -0.2) is 13.2 Å². The van der Waals surface area contributed by atoms with Crippen LogP contribution in [0, 0.1) is 0 Å². The van der Waals surface area contributed by atoms with Gasteiger partial charge in [0.1, 0.15) is 5.75 Å². The van der Waals surface area contributed by atoms with Gasteiger partial charge < -0.3 is 10.5 Å². The Kier molecular flexibility index (Phi) is 7.36. The fourth-order valence-corrected chi connectivity index (χ4v) is 2.66. The fourth-order valence-electron chi connectivity index (χ4n) is 2.07. The number of ether oxygens (including phenoxy) is 1. The highest BCUT2D eigenvalue weighted by Gasteiger charge is 2.06. The molecule has 0 fully saturated rings. The van der Waals surface area contributed by atoms with E-state index in [1.807, 2.05) is 6.07 Å². The van der Waals surface area contributed by atoms with E-state index >= 15 is 0 Å². The van der Waals surface area contributed by atoms with Gasteiger partial charge in [0.05, 0.1) is 11.6 Å². The van der Waals surface area contributed by atoms with Gasteiger partial charge in [-0.15, -0.1) is 0 Å². The number of unbranched alkanes of at least 4 members (excludes halogenated alkanes) is 3. The quantitative estimate of drug-likeness (QED) is 0.726. The molecule has 0 heterocycles. The maximum Gasteiger partial charge on any atom is 0.133 e. The molecule has 0 radical (unpaired) electrons. The predicted molar refractivity (Wildman–Crippen MR) is 81.1 cm³/mol. The molecular weight excluding hydrogens is 290 g/mol. The van der Waals surface area contributed by atoms with Crippen molar-refractivity contribution in [1.82, 2.24) is 0 Å². The normalized spacial score (nSPS) is 12.4. The Hall–Kier alpha value is -0.540. The molecule has 1 aromatic carbocycles. The summed E-state index contributed by atoms with van der Waals surface area (Å²) in [5.41, 5.74) is 7.43. The van der Waals surface area contributed by atoms with Gasteiger partial charge >= 0.3 is 0 Å². The van der Waals surface area contributed by atoms with Crippen molar-refractivity contribution in [2.75, 3.05) is 7.11 Å². The van der Waals surface area contributed by atoms with Crippen LogP contribution >= 0.6 is 15.9 Å². The smallest absolute Gasteiger partial charge is 0.133 e. The second kappa shape index (κ2) is 8.54. The Morgan fingerprint density at radius 2 is 2.06 bits per heavy atom. The maximum atomic E-state index is 6.16. The first-order chi connectivity index (χ1) is 8.67. The lowest BCUT2D eigenvalue weighted by molar-refractivity contribution is 0.412. The lowest BCUT2D eigenvalue weighted by Gasteiger charge is -2.12. The average molecular weight is 314 g/mol. The summed E-state index contributed by atoms with van der Waals surface area (Å²) in [7, 11) is 1.68. The molecule has 0 saturated heterocycles. The first kappa shape index (κ1) is 15.5. The second-order valence-corrected chi connectivity index (χ2v) is 5.64. The number of rotatable bonds is 8. The Labute approximate surface area is 119 Å². The Morgan fingerprint density at radius 3 is 2.67 bits per heavy atom.